The number of nitriles is 1. The fourth-order valence-electron chi connectivity index (χ4n) is 1.53. The van der Waals surface area contributed by atoms with Gasteiger partial charge in [-0.15, -0.1) is 0 Å². The molecule has 3 heteroatoms. The molecular formula is C14H11FN2. The highest BCUT2D eigenvalue weighted by Crippen LogP contribution is 2.14. The Morgan fingerprint density at radius 3 is 2.47 bits per heavy atom. The van der Waals surface area contributed by atoms with Gasteiger partial charge in [0, 0.05) is 6.54 Å². The standard InChI is InChI=1S/C14H11FN2/c15-13-7-5-11(6-8-13)10-17-14-4-2-1-3-12(14)9-16/h1-8,17H,10H2. The number of halogens is 1. The van der Waals surface area contributed by atoms with Crippen LogP contribution < -0.4 is 5.32 Å². The van der Waals surface area contributed by atoms with Crippen LogP contribution in [0, 0.1) is 17.1 Å². The molecule has 0 spiro atoms. The van der Waals surface area contributed by atoms with Crippen molar-refractivity contribution in [2.24, 2.45) is 0 Å². The third-order valence-corrected chi connectivity index (χ3v) is 2.44. The first kappa shape index (κ1) is 11.2. The molecule has 2 aromatic carbocycles. The third-order valence-electron chi connectivity index (χ3n) is 2.44. The number of hydrogen-bond donors (Lipinski definition) is 1. The molecule has 2 rings (SSSR count). The zero-order valence-electron chi connectivity index (χ0n) is 9.15. The maximum absolute atomic E-state index is 12.7. The molecule has 0 aliphatic rings. The number of para-hydroxylation sites is 1. The van der Waals surface area contributed by atoms with E-state index in [2.05, 4.69) is 11.4 Å². The first-order valence-corrected chi connectivity index (χ1v) is 5.27. The summed E-state index contributed by atoms with van der Waals surface area (Å²) in [5.74, 6) is -0.244. The Morgan fingerprint density at radius 1 is 1.06 bits per heavy atom. The minimum atomic E-state index is -0.244. The summed E-state index contributed by atoms with van der Waals surface area (Å²) in [6.07, 6.45) is 0. The van der Waals surface area contributed by atoms with Gasteiger partial charge in [-0.05, 0) is 29.8 Å². The van der Waals surface area contributed by atoms with Gasteiger partial charge in [0.25, 0.3) is 0 Å². The van der Waals surface area contributed by atoms with Gasteiger partial charge in [-0.2, -0.15) is 5.26 Å². The summed E-state index contributed by atoms with van der Waals surface area (Å²) in [6.45, 7) is 0.568. The van der Waals surface area contributed by atoms with Crippen LogP contribution in [-0.4, -0.2) is 0 Å². The van der Waals surface area contributed by atoms with Crippen LogP contribution in [0.4, 0.5) is 10.1 Å². The lowest BCUT2D eigenvalue weighted by atomic mass is 10.1. The van der Waals surface area contributed by atoms with Crippen LogP contribution in [0.5, 0.6) is 0 Å². The van der Waals surface area contributed by atoms with E-state index in [9.17, 15) is 4.39 Å². The lowest BCUT2D eigenvalue weighted by Crippen LogP contribution is -2.01. The molecular weight excluding hydrogens is 215 g/mol. The molecule has 0 radical (unpaired) electrons. The molecule has 2 nitrogen and oxygen atoms in total. The lowest BCUT2D eigenvalue weighted by molar-refractivity contribution is 0.627. The second kappa shape index (κ2) is 5.13. The minimum Gasteiger partial charge on any atom is -0.380 e. The third kappa shape index (κ3) is 2.82. The maximum Gasteiger partial charge on any atom is 0.123 e. The van der Waals surface area contributed by atoms with Crippen molar-refractivity contribution in [3.63, 3.8) is 0 Å². The van der Waals surface area contributed by atoms with Crippen molar-refractivity contribution in [3.8, 4) is 6.07 Å². The molecule has 84 valence electrons. The number of nitrogens with one attached hydrogen (secondary N) is 1. The molecule has 17 heavy (non-hydrogen) atoms. The van der Waals surface area contributed by atoms with Crippen molar-refractivity contribution in [3.05, 3.63) is 65.5 Å². The Kier molecular flexibility index (Phi) is 3.37. The molecule has 0 atom stereocenters. The van der Waals surface area contributed by atoms with Gasteiger partial charge in [0.2, 0.25) is 0 Å². The molecule has 0 heterocycles. The Morgan fingerprint density at radius 2 is 1.76 bits per heavy atom. The van der Waals surface area contributed by atoms with Gasteiger partial charge < -0.3 is 5.32 Å². The van der Waals surface area contributed by atoms with Crippen molar-refractivity contribution in [2.75, 3.05) is 5.32 Å². The number of nitrogens with zero attached hydrogens (tertiary/aromatic N) is 1. The maximum atomic E-state index is 12.7. The predicted octanol–water partition coefficient (Wildman–Crippen LogP) is 3.31. The van der Waals surface area contributed by atoms with E-state index in [-0.39, 0.29) is 5.82 Å². The molecule has 0 fully saturated rings. The SMILES string of the molecule is N#Cc1ccccc1NCc1ccc(F)cc1. The molecule has 0 saturated heterocycles. The van der Waals surface area contributed by atoms with E-state index in [4.69, 9.17) is 5.26 Å². The Hall–Kier alpha value is -2.34. The van der Waals surface area contributed by atoms with Crippen LogP contribution in [0.15, 0.2) is 48.5 Å². The van der Waals surface area contributed by atoms with Crippen LogP contribution in [0.25, 0.3) is 0 Å². The first-order valence-electron chi connectivity index (χ1n) is 5.27. The molecule has 0 aliphatic heterocycles. The van der Waals surface area contributed by atoms with E-state index < -0.39 is 0 Å². The topological polar surface area (TPSA) is 35.8 Å². The highest BCUT2D eigenvalue weighted by molar-refractivity contribution is 5.57. The summed E-state index contributed by atoms with van der Waals surface area (Å²) >= 11 is 0. The van der Waals surface area contributed by atoms with Crippen LogP contribution >= 0.6 is 0 Å². The van der Waals surface area contributed by atoms with E-state index in [1.807, 2.05) is 18.2 Å². The normalized spacial score (nSPS) is 9.65. The van der Waals surface area contributed by atoms with E-state index >= 15 is 0 Å². The number of anilines is 1. The summed E-state index contributed by atoms with van der Waals surface area (Å²) in [4.78, 5) is 0. The molecule has 0 unspecified atom stereocenters. The fraction of sp³-hybridized carbons (Fsp3) is 0.0714. The zero-order valence-corrected chi connectivity index (χ0v) is 9.15. The van der Waals surface area contributed by atoms with Gasteiger partial charge in [0.1, 0.15) is 11.9 Å². The van der Waals surface area contributed by atoms with Gasteiger partial charge in [0.05, 0.1) is 11.3 Å². The molecule has 0 bridgehead atoms. The average molecular weight is 226 g/mol. The summed E-state index contributed by atoms with van der Waals surface area (Å²) in [6, 6.07) is 15.7. The molecule has 2 aromatic rings. The molecule has 0 amide bonds. The molecule has 0 saturated carbocycles. The van der Waals surface area contributed by atoms with E-state index in [0.29, 0.717) is 12.1 Å². The largest absolute Gasteiger partial charge is 0.380 e. The van der Waals surface area contributed by atoms with Gasteiger partial charge in [-0.3, -0.25) is 0 Å². The van der Waals surface area contributed by atoms with Crippen molar-refractivity contribution in [1.29, 1.82) is 5.26 Å². The second-order valence-electron chi connectivity index (χ2n) is 3.64. The second-order valence-corrected chi connectivity index (χ2v) is 3.64. The summed E-state index contributed by atoms with van der Waals surface area (Å²) in [5, 5.41) is 12.1. The predicted molar refractivity (Wildman–Crippen MR) is 64.9 cm³/mol. The highest BCUT2D eigenvalue weighted by atomic mass is 19.1. The smallest absolute Gasteiger partial charge is 0.123 e. The van der Waals surface area contributed by atoms with Gasteiger partial charge >= 0.3 is 0 Å². The summed E-state index contributed by atoms with van der Waals surface area (Å²) < 4.78 is 12.7. The minimum absolute atomic E-state index is 0.244. The summed E-state index contributed by atoms with van der Waals surface area (Å²) in [7, 11) is 0. The van der Waals surface area contributed by atoms with Crippen molar-refractivity contribution in [2.45, 2.75) is 6.54 Å². The fourth-order valence-corrected chi connectivity index (χ4v) is 1.53. The molecule has 0 aliphatic carbocycles. The average Bonchev–Trinajstić information content (AvgIpc) is 2.38. The Labute approximate surface area is 99.3 Å². The van der Waals surface area contributed by atoms with Crippen LogP contribution in [0.2, 0.25) is 0 Å². The van der Waals surface area contributed by atoms with Crippen LogP contribution in [-0.2, 0) is 6.54 Å². The van der Waals surface area contributed by atoms with E-state index in [1.165, 1.54) is 12.1 Å². The van der Waals surface area contributed by atoms with E-state index in [0.717, 1.165) is 11.3 Å². The Balaban J connectivity index is 2.08. The van der Waals surface area contributed by atoms with Crippen molar-refractivity contribution in [1.82, 2.24) is 0 Å². The van der Waals surface area contributed by atoms with Crippen molar-refractivity contribution < 1.29 is 4.39 Å². The van der Waals surface area contributed by atoms with Crippen LogP contribution in [0.1, 0.15) is 11.1 Å². The number of benzene rings is 2. The van der Waals surface area contributed by atoms with Gasteiger partial charge in [0.15, 0.2) is 0 Å². The monoisotopic (exact) mass is 226 g/mol. The highest BCUT2D eigenvalue weighted by Gasteiger charge is 2.00. The number of rotatable bonds is 3. The van der Waals surface area contributed by atoms with Gasteiger partial charge in [-0.1, -0.05) is 24.3 Å². The van der Waals surface area contributed by atoms with Crippen molar-refractivity contribution >= 4 is 5.69 Å². The van der Waals surface area contributed by atoms with E-state index in [1.54, 1.807) is 18.2 Å². The zero-order chi connectivity index (χ0) is 12.1. The number of hydrogen-bond acceptors (Lipinski definition) is 2. The quantitative estimate of drug-likeness (QED) is 0.871. The molecule has 0 aromatic heterocycles. The first-order chi connectivity index (χ1) is 8.29. The van der Waals surface area contributed by atoms with Crippen LogP contribution in [0.3, 0.4) is 0 Å². The molecule has 1 N–H and O–H groups in total. The lowest BCUT2D eigenvalue weighted by Gasteiger charge is -2.07. The van der Waals surface area contributed by atoms with Gasteiger partial charge in [-0.25, -0.2) is 4.39 Å². The summed E-state index contributed by atoms with van der Waals surface area (Å²) in [5.41, 5.74) is 2.37. The Bertz CT molecular complexity index is 541.